The minimum absolute atomic E-state index is 0.00184. The number of ether oxygens (including phenoxy) is 1. The Kier molecular flexibility index (Phi) is 4.00. The van der Waals surface area contributed by atoms with Gasteiger partial charge in [0.1, 0.15) is 0 Å². The van der Waals surface area contributed by atoms with Gasteiger partial charge in [-0.1, -0.05) is 6.92 Å². The molecule has 0 saturated carbocycles. The molecule has 0 unspecified atom stereocenters. The molecule has 0 saturated heterocycles. The van der Waals surface area contributed by atoms with Crippen LogP contribution in [0.15, 0.2) is 12.1 Å². The van der Waals surface area contributed by atoms with E-state index in [1.807, 2.05) is 13.0 Å². The van der Waals surface area contributed by atoms with E-state index in [-0.39, 0.29) is 11.8 Å². The van der Waals surface area contributed by atoms with Crippen LogP contribution < -0.4 is 10.5 Å². The SMILES string of the molecule is CC[C@H](N)c1cc(I)c(O)c(OC)c1. The van der Waals surface area contributed by atoms with Crippen molar-refractivity contribution < 1.29 is 9.84 Å². The molecule has 0 spiro atoms. The van der Waals surface area contributed by atoms with Gasteiger partial charge >= 0.3 is 0 Å². The van der Waals surface area contributed by atoms with Crippen molar-refractivity contribution in [3.05, 3.63) is 21.3 Å². The average Bonchev–Trinajstić information content (AvgIpc) is 2.20. The fourth-order valence-electron chi connectivity index (χ4n) is 1.20. The number of aromatic hydroxyl groups is 1. The van der Waals surface area contributed by atoms with E-state index in [0.717, 1.165) is 15.6 Å². The van der Waals surface area contributed by atoms with Crippen molar-refractivity contribution in [1.82, 2.24) is 0 Å². The maximum Gasteiger partial charge on any atom is 0.171 e. The standard InChI is InChI=1S/C10H14INO2/c1-3-8(12)6-4-7(11)10(13)9(5-6)14-2/h4-5,8,13H,3,12H2,1-2H3/t8-/m0/s1. The number of benzene rings is 1. The molecular weight excluding hydrogens is 293 g/mol. The quantitative estimate of drug-likeness (QED) is 0.843. The molecule has 0 aliphatic carbocycles. The summed E-state index contributed by atoms with van der Waals surface area (Å²) >= 11 is 2.06. The van der Waals surface area contributed by atoms with Gasteiger partial charge in [-0.05, 0) is 46.7 Å². The van der Waals surface area contributed by atoms with E-state index in [9.17, 15) is 5.11 Å². The Morgan fingerprint density at radius 1 is 1.57 bits per heavy atom. The number of phenols is 1. The Hall–Kier alpha value is -0.490. The lowest BCUT2D eigenvalue weighted by molar-refractivity contribution is 0.370. The molecule has 0 bridgehead atoms. The normalized spacial score (nSPS) is 12.6. The van der Waals surface area contributed by atoms with E-state index < -0.39 is 0 Å². The molecule has 3 nitrogen and oxygen atoms in total. The van der Waals surface area contributed by atoms with Gasteiger partial charge in [0.2, 0.25) is 0 Å². The third-order valence-corrected chi connectivity index (χ3v) is 2.96. The second-order valence-electron chi connectivity index (χ2n) is 3.07. The molecule has 1 atom stereocenters. The van der Waals surface area contributed by atoms with Crippen LogP contribution in [-0.4, -0.2) is 12.2 Å². The monoisotopic (exact) mass is 307 g/mol. The number of halogens is 1. The van der Waals surface area contributed by atoms with Crippen molar-refractivity contribution in [2.45, 2.75) is 19.4 Å². The number of nitrogens with two attached hydrogens (primary N) is 1. The number of hydrogen-bond acceptors (Lipinski definition) is 3. The van der Waals surface area contributed by atoms with Crippen molar-refractivity contribution >= 4 is 22.6 Å². The summed E-state index contributed by atoms with van der Waals surface area (Å²) in [5.41, 5.74) is 6.89. The minimum atomic E-state index is -0.00184. The van der Waals surface area contributed by atoms with Crippen LogP contribution in [0, 0.1) is 3.57 Å². The summed E-state index contributed by atoms with van der Waals surface area (Å²) < 4.78 is 5.82. The third-order valence-electron chi connectivity index (χ3n) is 2.14. The summed E-state index contributed by atoms with van der Waals surface area (Å²) in [7, 11) is 1.53. The van der Waals surface area contributed by atoms with Crippen LogP contribution in [-0.2, 0) is 0 Å². The molecule has 1 aromatic carbocycles. The molecule has 0 aromatic heterocycles. The maximum absolute atomic E-state index is 9.60. The summed E-state index contributed by atoms with van der Waals surface area (Å²) in [6.07, 6.45) is 0.865. The first kappa shape index (κ1) is 11.6. The maximum atomic E-state index is 9.60. The van der Waals surface area contributed by atoms with Gasteiger partial charge in [-0.25, -0.2) is 0 Å². The van der Waals surface area contributed by atoms with E-state index in [4.69, 9.17) is 10.5 Å². The highest BCUT2D eigenvalue weighted by Gasteiger charge is 2.11. The summed E-state index contributed by atoms with van der Waals surface area (Å²) in [6.45, 7) is 2.02. The predicted molar refractivity (Wildman–Crippen MR) is 64.6 cm³/mol. The van der Waals surface area contributed by atoms with E-state index >= 15 is 0 Å². The molecule has 1 rings (SSSR count). The first-order chi connectivity index (χ1) is 6.60. The zero-order valence-corrected chi connectivity index (χ0v) is 10.4. The average molecular weight is 307 g/mol. The molecule has 0 aliphatic rings. The second kappa shape index (κ2) is 4.84. The molecule has 0 fully saturated rings. The van der Waals surface area contributed by atoms with Crippen LogP contribution in [0.25, 0.3) is 0 Å². The summed E-state index contributed by atoms with van der Waals surface area (Å²) in [6, 6.07) is 3.66. The van der Waals surface area contributed by atoms with E-state index in [1.54, 1.807) is 6.07 Å². The van der Waals surface area contributed by atoms with Crippen molar-refractivity contribution in [2.24, 2.45) is 5.73 Å². The Labute approximate surface area is 97.4 Å². The smallest absolute Gasteiger partial charge is 0.171 e. The lowest BCUT2D eigenvalue weighted by atomic mass is 10.1. The van der Waals surface area contributed by atoms with Gasteiger partial charge in [0.05, 0.1) is 10.7 Å². The molecule has 78 valence electrons. The molecule has 3 N–H and O–H groups in total. The van der Waals surface area contributed by atoms with Crippen LogP contribution in [0.5, 0.6) is 11.5 Å². The summed E-state index contributed by atoms with van der Waals surface area (Å²) in [4.78, 5) is 0. The van der Waals surface area contributed by atoms with Gasteiger partial charge in [-0.2, -0.15) is 0 Å². The van der Waals surface area contributed by atoms with Crippen molar-refractivity contribution in [3.63, 3.8) is 0 Å². The molecule has 0 aliphatic heterocycles. The molecule has 4 heteroatoms. The molecule has 1 aromatic rings. The highest BCUT2D eigenvalue weighted by Crippen LogP contribution is 2.34. The lowest BCUT2D eigenvalue weighted by Gasteiger charge is -2.13. The van der Waals surface area contributed by atoms with Crippen molar-refractivity contribution in [1.29, 1.82) is 0 Å². The predicted octanol–water partition coefficient (Wildman–Crippen LogP) is 2.42. The number of rotatable bonds is 3. The molecule has 0 heterocycles. The molecular formula is C10H14INO2. The zero-order valence-electron chi connectivity index (χ0n) is 8.25. The van der Waals surface area contributed by atoms with Crippen LogP contribution >= 0.6 is 22.6 Å². The highest BCUT2D eigenvalue weighted by molar-refractivity contribution is 14.1. The van der Waals surface area contributed by atoms with Gasteiger partial charge in [0.25, 0.3) is 0 Å². The molecule has 0 radical (unpaired) electrons. The Balaban J connectivity index is 3.16. The highest BCUT2D eigenvalue weighted by atomic mass is 127. The van der Waals surface area contributed by atoms with Crippen molar-refractivity contribution in [2.75, 3.05) is 7.11 Å². The molecule has 0 amide bonds. The van der Waals surface area contributed by atoms with Gasteiger partial charge in [-0.15, -0.1) is 0 Å². The minimum Gasteiger partial charge on any atom is -0.504 e. The van der Waals surface area contributed by atoms with E-state index in [1.165, 1.54) is 7.11 Å². The number of phenolic OH excluding ortho intramolecular Hbond substituents is 1. The van der Waals surface area contributed by atoms with Crippen LogP contribution in [0.4, 0.5) is 0 Å². The van der Waals surface area contributed by atoms with E-state index in [0.29, 0.717) is 5.75 Å². The van der Waals surface area contributed by atoms with Gasteiger partial charge in [0.15, 0.2) is 11.5 Å². The Morgan fingerprint density at radius 3 is 2.71 bits per heavy atom. The zero-order chi connectivity index (χ0) is 10.7. The third kappa shape index (κ3) is 2.30. The Bertz CT molecular complexity index is 328. The fourth-order valence-corrected chi connectivity index (χ4v) is 1.82. The number of methoxy groups -OCH3 is 1. The fraction of sp³-hybridized carbons (Fsp3) is 0.400. The first-order valence-electron chi connectivity index (χ1n) is 4.42. The van der Waals surface area contributed by atoms with Crippen LogP contribution in [0.2, 0.25) is 0 Å². The van der Waals surface area contributed by atoms with E-state index in [2.05, 4.69) is 22.6 Å². The van der Waals surface area contributed by atoms with Gasteiger partial charge in [0, 0.05) is 6.04 Å². The van der Waals surface area contributed by atoms with Crippen LogP contribution in [0.3, 0.4) is 0 Å². The van der Waals surface area contributed by atoms with Crippen LogP contribution in [0.1, 0.15) is 24.9 Å². The summed E-state index contributed by atoms with van der Waals surface area (Å²) in [5.74, 6) is 0.663. The number of hydrogen-bond donors (Lipinski definition) is 2. The Morgan fingerprint density at radius 2 is 2.21 bits per heavy atom. The second-order valence-corrected chi connectivity index (χ2v) is 4.23. The topological polar surface area (TPSA) is 55.5 Å². The first-order valence-corrected chi connectivity index (χ1v) is 5.50. The van der Waals surface area contributed by atoms with Gasteiger partial charge < -0.3 is 15.6 Å². The molecule has 14 heavy (non-hydrogen) atoms. The largest absolute Gasteiger partial charge is 0.504 e. The lowest BCUT2D eigenvalue weighted by Crippen LogP contribution is -2.09. The summed E-state index contributed by atoms with van der Waals surface area (Å²) in [5, 5.41) is 9.60. The van der Waals surface area contributed by atoms with Crippen molar-refractivity contribution in [3.8, 4) is 11.5 Å². The van der Waals surface area contributed by atoms with Gasteiger partial charge in [-0.3, -0.25) is 0 Å².